The van der Waals surface area contributed by atoms with Crippen molar-refractivity contribution in [3.63, 3.8) is 0 Å². The van der Waals surface area contributed by atoms with Gasteiger partial charge in [-0.25, -0.2) is 4.98 Å². The van der Waals surface area contributed by atoms with E-state index in [2.05, 4.69) is 24.9 Å². The molecule has 0 fully saturated rings. The predicted octanol–water partition coefficient (Wildman–Crippen LogP) is 4.99. The molecule has 0 atom stereocenters. The van der Waals surface area contributed by atoms with E-state index in [1.165, 1.54) is 12.1 Å². The van der Waals surface area contributed by atoms with Crippen LogP contribution in [0.25, 0.3) is 0 Å². The van der Waals surface area contributed by atoms with E-state index in [-0.39, 0.29) is 5.75 Å². The lowest BCUT2D eigenvalue weighted by Gasteiger charge is -2.30. The first-order chi connectivity index (χ1) is 13.9. The number of hydrogen-bond donors (Lipinski definition) is 1. The summed E-state index contributed by atoms with van der Waals surface area (Å²) in [5.41, 5.74) is 3.54. The van der Waals surface area contributed by atoms with Gasteiger partial charge >= 0.3 is 6.36 Å². The average Bonchev–Trinajstić information content (AvgIpc) is 2.66. The van der Waals surface area contributed by atoms with E-state index >= 15 is 0 Å². The highest BCUT2D eigenvalue weighted by Crippen LogP contribution is 2.30. The highest BCUT2D eigenvalue weighted by molar-refractivity contribution is 5.56. The summed E-state index contributed by atoms with van der Waals surface area (Å²) in [6.45, 7) is 3.10. The molecule has 1 N–H and O–H groups in total. The Bertz CT molecular complexity index is 1010. The molecule has 0 saturated heterocycles. The molecular formula is C21H19F3N4O. The van der Waals surface area contributed by atoms with Crippen molar-refractivity contribution in [2.24, 2.45) is 0 Å². The second kappa shape index (κ2) is 7.62. The molecule has 0 saturated carbocycles. The number of hydrogen-bond acceptors (Lipinski definition) is 5. The number of fused-ring (bicyclic) bond motifs is 1. The smallest absolute Gasteiger partial charge is 0.406 e. The van der Waals surface area contributed by atoms with Crippen LogP contribution in [0.5, 0.6) is 5.75 Å². The Morgan fingerprint density at radius 3 is 2.55 bits per heavy atom. The number of nitrogens with zero attached hydrogens (tertiary/aromatic N) is 3. The zero-order chi connectivity index (χ0) is 20.4. The normalized spacial score (nSPS) is 13.7. The summed E-state index contributed by atoms with van der Waals surface area (Å²) >= 11 is 0. The van der Waals surface area contributed by atoms with E-state index in [0.717, 1.165) is 28.3 Å². The highest BCUT2D eigenvalue weighted by Gasteiger charge is 2.31. The van der Waals surface area contributed by atoms with Crippen molar-refractivity contribution >= 4 is 17.5 Å². The van der Waals surface area contributed by atoms with Gasteiger partial charge in [-0.05, 0) is 48.7 Å². The van der Waals surface area contributed by atoms with Crippen molar-refractivity contribution in [1.82, 2.24) is 9.97 Å². The Morgan fingerprint density at radius 2 is 1.79 bits per heavy atom. The minimum Gasteiger partial charge on any atom is -0.406 e. The van der Waals surface area contributed by atoms with E-state index in [9.17, 15) is 13.2 Å². The quantitative estimate of drug-likeness (QED) is 0.669. The van der Waals surface area contributed by atoms with Crippen LogP contribution < -0.4 is 15.0 Å². The van der Waals surface area contributed by atoms with Crippen molar-refractivity contribution in [2.45, 2.75) is 26.3 Å². The van der Waals surface area contributed by atoms with Crippen LogP contribution in [-0.4, -0.2) is 22.9 Å². The van der Waals surface area contributed by atoms with Gasteiger partial charge in [-0.3, -0.25) is 0 Å². The molecule has 2 heterocycles. The molecule has 2 aromatic carbocycles. The van der Waals surface area contributed by atoms with E-state index < -0.39 is 6.36 Å². The molecule has 150 valence electrons. The summed E-state index contributed by atoms with van der Waals surface area (Å²) in [5, 5.41) is 3.20. The molecule has 5 nitrogen and oxygen atoms in total. The Kier molecular flexibility index (Phi) is 5.00. The fraction of sp³-hybridized carbons (Fsp3) is 0.238. The number of benzene rings is 2. The fourth-order valence-corrected chi connectivity index (χ4v) is 3.34. The van der Waals surface area contributed by atoms with Crippen molar-refractivity contribution in [3.05, 3.63) is 71.4 Å². The molecule has 1 aliphatic rings. The number of aryl methyl sites for hydroxylation is 1. The van der Waals surface area contributed by atoms with E-state index in [4.69, 9.17) is 0 Å². The molecule has 0 radical (unpaired) electrons. The summed E-state index contributed by atoms with van der Waals surface area (Å²) in [6.07, 6.45) is -4.08. The Labute approximate surface area is 166 Å². The summed E-state index contributed by atoms with van der Waals surface area (Å²) in [5.74, 6) is 1.10. The molecule has 8 heteroatoms. The molecule has 1 aliphatic heterocycles. The highest BCUT2D eigenvalue weighted by atomic mass is 19.4. The summed E-state index contributed by atoms with van der Waals surface area (Å²) in [4.78, 5) is 11.2. The van der Waals surface area contributed by atoms with Gasteiger partial charge in [0.15, 0.2) is 0 Å². The molecule has 0 aliphatic carbocycles. The van der Waals surface area contributed by atoms with Crippen LogP contribution >= 0.6 is 0 Å². The number of nitrogens with one attached hydrogen (secondary N) is 1. The Hall–Kier alpha value is -3.29. The lowest BCUT2D eigenvalue weighted by atomic mass is 9.99. The van der Waals surface area contributed by atoms with Gasteiger partial charge in [0.05, 0.1) is 0 Å². The van der Waals surface area contributed by atoms with Crippen LogP contribution in [0.4, 0.5) is 30.6 Å². The number of anilines is 3. The van der Waals surface area contributed by atoms with Crippen LogP contribution in [-0.2, 0) is 13.0 Å². The van der Waals surface area contributed by atoms with Gasteiger partial charge < -0.3 is 15.0 Å². The first kappa shape index (κ1) is 19.0. The maximum Gasteiger partial charge on any atom is 0.573 e. The monoisotopic (exact) mass is 400 g/mol. The second-order valence-electron chi connectivity index (χ2n) is 6.83. The second-order valence-corrected chi connectivity index (χ2v) is 6.83. The molecule has 3 aromatic rings. The first-order valence-corrected chi connectivity index (χ1v) is 9.16. The molecule has 0 unspecified atom stereocenters. The number of aromatic nitrogens is 2. The Morgan fingerprint density at radius 1 is 1.00 bits per heavy atom. The lowest BCUT2D eigenvalue weighted by Crippen LogP contribution is -2.31. The third-order valence-corrected chi connectivity index (χ3v) is 4.62. The number of alkyl halides is 3. The third kappa shape index (κ3) is 4.77. The molecule has 0 bridgehead atoms. The van der Waals surface area contributed by atoms with Crippen LogP contribution in [0.2, 0.25) is 0 Å². The molecule has 0 amide bonds. The van der Waals surface area contributed by atoms with Crippen LogP contribution in [0.1, 0.15) is 16.8 Å². The molecule has 4 rings (SSSR count). The molecule has 1 aromatic heterocycles. The van der Waals surface area contributed by atoms with Gasteiger partial charge in [0.1, 0.15) is 11.6 Å². The van der Waals surface area contributed by atoms with Gasteiger partial charge in [-0.2, -0.15) is 4.98 Å². The zero-order valence-corrected chi connectivity index (χ0v) is 15.7. The van der Waals surface area contributed by atoms with Crippen molar-refractivity contribution < 1.29 is 17.9 Å². The first-order valence-electron chi connectivity index (χ1n) is 9.16. The van der Waals surface area contributed by atoms with Crippen molar-refractivity contribution in [2.75, 3.05) is 16.8 Å². The number of halogens is 3. The van der Waals surface area contributed by atoms with Gasteiger partial charge in [-0.1, -0.05) is 24.3 Å². The fourth-order valence-electron chi connectivity index (χ4n) is 3.34. The standard InChI is InChI=1S/C21H19F3N4O/c1-14-11-19(27-20(25-14)26-17-5-3-2-4-6-17)28-10-9-15-12-18(29-21(22,23)24)8-7-16(15)13-28/h2-8,11-12H,9-10,13H2,1H3,(H,25,26,27). The van der Waals surface area contributed by atoms with E-state index in [1.54, 1.807) is 6.07 Å². The topological polar surface area (TPSA) is 50.3 Å². The Balaban J connectivity index is 1.53. The van der Waals surface area contributed by atoms with E-state index in [1.807, 2.05) is 43.3 Å². The molecule has 0 spiro atoms. The average molecular weight is 400 g/mol. The maximum absolute atomic E-state index is 12.4. The van der Waals surface area contributed by atoms with Crippen LogP contribution in [0.15, 0.2) is 54.6 Å². The summed E-state index contributed by atoms with van der Waals surface area (Å²) in [6, 6.07) is 16.1. The van der Waals surface area contributed by atoms with Crippen molar-refractivity contribution in [3.8, 4) is 5.75 Å². The van der Waals surface area contributed by atoms with Crippen LogP contribution in [0.3, 0.4) is 0 Å². The third-order valence-electron chi connectivity index (χ3n) is 4.62. The lowest BCUT2D eigenvalue weighted by molar-refractivity contribution is -0.274. The van der Waals surface area contributed by atoms with Gasteiger partial charge in [0, 0.05) is 30.5 Å². The van der Waals surface area contributed by atoms with Gasteiger partial charge in [-0.15, -0.1) is 13.2 Å². The minimum absolute atomic E-state index is 0.183. The number of para-hydroxylation sites is 1. The largest absolute Gasteiger partial charge is 0.573 e. The van der Waals surface area contributed by atoms with Crippen molar-refractivity contribution in [1.29, 1.82) is 0 Å². The predicted molar refractivity (Wildman–Crippen MR) is 104 cm³/mol. The zero-order valence-electron chi connectivity index (χ0n) is 15.7. The minimum atomic E-state index is -4.68. The van der Waals surface area contributed by atoms with Crippen LogP contribution in [0, 0.1) is 6.92 Å². The van der Waals surface area contributed by atoms with Gasteiger partial charge in [0.25, 0.3) is 0 Å². The number of rotatable bonds is 4. The molecular weight excluding hydrogens is 381 g/mol. The van der Waals surface area contributed by atoms with Gasteiger partial charge in [0.2, 0.25) is 5.95 Å². The molecule has 29 heavy (non-hydrogen) atoms. The summed E-state index contributed by atoms with van der Waals surface area (Å²) < 4.78 is 41.3. The SMILES string of the molecule is Cc1cc(N2CCc3cc(OC(F)(F)F)ccc3C2)nc(Nc2ccccc2)n1. The maximum atomic E-state index is 12.4. The summed E-state index contributed by atoms with van der Waals surface area (Å²) in [7, 11) is 0. The van der Waals surface area contributed by atoms with E-state index in [0.29, 0.717) is 25.5 Å². The number of ether oxygens (including phenoxy) is 1.